The van der Waals surface area contributed by atoms with Crippen LogP contribution in [0, 0.1) is 5.92 Å². The van der Waals surface area contributed by atoms with Gasteiger partial charge in [0.25, 0.3) is 0 Å². The van der Waals surface area contributed by atoms with Gasteiger partial charge >= 0.3 is 0 Å². The Labute approximate surface area is 92.1 Å². The van der Waals surface area contributed by atoms with Crippen molar-refractivity contribution in [3.05, 3.63) is 0 Å². The van der Waals surface area contributed by atoms with Gasteiger partial charge < -0.3 is 16.8 Å². The molecule has 0 bridgehead atoms. The lowest BCUT2D eigenvalue weighted by Crippen LogP contribution is -2.37. The second-order valence-corrected chi connectivity index (χ2v) is 4.10. The number of nitrogens with two attached hydrogens (primary N) is 2. The Balaban J connectivity index is 3.69. The fraction of sp³-hybridized carbons (Fsp3) is 0.625. The van der Waals surface area contributed by atoms with Crippen molar-refractivity contribution in [2.45, 2.75) is 6.92 Å². The van der Waals surface area contributed by atoms with Gasteiger partial charge in [0.1, 0.15) is 0 Å². The molecule has 86 valence electrons. The van der Waals surface area contributed by atoms with Gasteiger partial charge in [0.05, 0.1) is 12.3 Å². The van der Waals surface area contributed by atoms with Crippen molar-refractivity contribution in [3.8, 4) is 0 Å². The molecule has 0 heterocycles. The lowest BCUT2D eigenvalue weighted by molar-refractivity contribution is -0.126. The van der Waals surface area contributed by atoms with Gasteiger partial charge in [-0.15, -0.1) is 0 Å². The maximum atomic E-state index is 11.3. The highest BCUT2D eigenvalue weighted by atomic mass is 32.2. The van der Waals surface area contributed by atoms with Gasteiger partial charge in [0.15, 0.2) is 0 Å². The van der Waals surface area contributed by atoms with Gasteiger partial charge in [-0.1, -0.05) is 6.92 Å². The second kappa shape index (κ2) is 7.10. The number of nitrogens with one attached hydrogen (secondary N) is 1. The predicted octanol–water partition coefficient (Wildman–Crippen LogP) is -1.56. The topological polar surface area (TPSA) is 115 Å². The van der Waals surface area contributed by atoms with Gasteiger partial charge in [-0.2, -0.15) is 11.8 Å². The van der Waals surface area contributed by atoms with Crippen LogP contribution >= 0.6 is 11.8 Å². The van der Waals surface area contributed by atoms with Crippen LogP contribution in [0.25, 0.3) is 0 Å². The van der Waals surface area contributed by atoms with E-state index in [2.05, 4.69) is 5.32 Å². The molecule has 6 nitrogen and oxygen atoms in total. The van der Waals surface area contributed by atoms with Gasteiger partial charge in [0.2, 0.25) is 17.7 Å². The zero-order valence-corrected chi connectivity index (χ0v) is 9.30. The van der Waals surface area contributed by atoms with Crippen LogP contribution in [0.3, 0.4) is 0 Å². The Morgan fingerprint density at radius 1 is 1.27 bits per heavy atom. The minimum atomic E-state index is -0.583. The number of amides is 3. The van der Waals surface area contributed by atoms with Crippen LogP contribution in [0.1, 0.15) is 6.92 Å². The molecule has 3 amide bonds. The summed E-state index contributed by atoms with van der Waals surface area (Å²) in [6.07, 6.45) is 0. The number of rotatable bonds is 7. The average molecular weight is 233 g/mol. The third-order valence-corrected chi connectivity index (χ3v) is 2.72. The summed E-state index contributed by atoms with van der Waals surface area (Å²) in [6, 6.07) is 0. The molecule has 1 atom stereocenters. The zero-order chi connectivity index (χ0) is 11.8. The van der Waals surface area contributed by atoms with Crippen molar-refractivity contribution in [1.82, 2.24) is 5.32 Å². The predicted molar refractivity (Wildman–Crippen MR) is 57.9 cm³/mol. The van der Waals surface area contributed by atoms with Crippen LogP contribution in [0.2, 0.25) is 0 Å². The highest BCUT2D eigenvalue weighted by molar-refractivity contribution is 7.99. The molecular formula is C8H15N3O3S. The minimum absolute atomic E-state index is 0.163. The molecule has 5 N–H and O–H groups in total. The Morgan fingerprint density at radius 3 is 2.33 bits per heavy atom. The Kier molecular flexibility index (Phi) is 6.52. The third kappa shape index (κ3) is 7.80. The molecule has 7 heteroatoms. The second-order valence-electron chi connectivity index (χ2n) is 3.07. The first-order valence-corrected chi connectivity index (χ1v) is 5.51. The Morgan fingerprint density at radius 2 is 1.87 bits per heavy atom. The molecule has 0 aromatic heterocycles. The molecule has 0 saturated carbocycles. The highest BCUT2D eigenvalue weighted by Crippen LogP contribution is 2.07. The molecule has 0 saturated heterocycles. The molecular weight excluding hydrogens is 218 g/mol. The Hall–Kier alpha value is -1.24. The molecule has 0 aliphatic carbocycles. The van der Waals surface area contributed by atoms with Crippen molar-refractivity contribution in [2.24, 2.45) is 17.4 Å². The molecule has 0 radical (unpaired) electrons. The summed E-state index contributed by atoms with van der Waals surface area (Å²) in [5.74, 6) is -0.870. The largest absolute Gasteiger partial charge is 0.369 e. The molecule has 0 aliphatic heterocycles. The van der Waals surface area contributed by atoms with Crippen LogP contribution < -0.4 is 16.8 Å². The van der Waals surface area contributed by atoms with E-state index in [-0.39, 0.29) is 24.1 Å². The number of primary amides is 2. The van der Waals surface area contributed by atoms with Crippen molar-refractivity contribution >= 4 is 29.5 Å². The van der Waals surface area contributed by atoms with Gasteiger partial charge in [-0.25, -0.2) is 0 Å². The first kappa shape index (κ1) is 13.8. The lowest BCUT2D eigenvalue weighted by Gasteiger charge is -2.09. The first-order chi connectivity index (χ1) is 6.93. The summed E-state index contributed by atoms with van der Waals surface area (Å²) in [7, 11) is 0. The van der Waals surface area contributed by atoms with E-state index in [9.17, 15) is 14.4 Å². The number of hydrogen-bond donors (Lipinski definition) is 3. The molecule has 0 unspecified atom stereocenters. The fourth-order valence-corrected chi connectivity index (χ4v) is 1.58. The molecule has 0 aliphatic rings. The first-order valence-electron chi connectivity index (χ1n) is 4.35. The monoisotopic (exact) mass is 233 g/mol. The van der Waals surface area contributed by atoms with E-state index in [1.807, 2.05) is 0 Å². The van der Waals surface area contributed by atoms with Crippen LogP contribution in [-0.4, -0.2) is 35.8 Å². The highest BCUT2D eigenvalue weighted by Gasteiger charge is 2.13. The molecule has 0 spiro atoms. The smallest absolute Gasteiger partial charge is 0.236 e. The van der Waals surface area contributed by atoms with E-state index in [0.717, 1.165) is 0 Å². The molecule has 0 aromatic rings. The molecule has 0 rings (SSSR count). The van der Waals surface area contributed by atoms with Crippen LogP contribution in [0.4, 0.5) is 0 Å². The van der Waals surface area contributed by atoms with E-state index in [1.165, 1.54) is 11.8 Å². The summed E-state index contributed by atoms with van der Waals surface area (Å²) < 4.78 is 0. The minimum Gasteiger partial charge on any atom is -0.369 e. The van der Waals surface area contributed by atoms with Gasteiger partial charge in [-0.3, -0.25) is 14.4 Å². The van der Waals surface area contributed by atoms with Gasteiger partial charge in [-0.05, 0) is 0 Å². The standard InChI is InChI=1S/C8H15N3O3S/c1-5(3-15-4-7(10)13)8(14)11-2-6(9)12/h5H,2-4H2,1H3,(H2,9,12)(H2,10,13)(H,11,14)/t5-/m0/s1. The van der Waals surface area contributed by atoms with Crippen molar-refractivity contribution < 1.29 is 14.4 Å². The Bertz CT molecular complexity index is 258. The van der Waals surface area contributed by atoms with E-state index in [1.54, 1.807) is 6.92 Å². The van der Waals surface area contributed by atoms with E-state index in [0.29, 0.717) is 5.75 Å². The summed E-state index contributed by atoms with van der Waals surface area (Å²) in [5, 5.41) is 2.38. The fourth-order valence-electron chi connectivity index (χ4n) is 0.760. The average Bonchev–Trinajstić information content (AvgIpc) is 2.13. The van der Waals surface area contributed by atoms with E-state index >= 15 is 0 Å². The van der Waals surface area contributed by atoms with Crippen molar-refractivity contribution in [1.29, 1.82) is 0 Å². The number of carbonyl (C=O) groups is 3. The van der Waals surface area contributed by atoms with Crippen molar-refractivity contribution in [2.75, 3.05) is 18.1 Å². The third-order valence-electron chi connectivity index (χ3n) is 1.50. The maximum Gasteiger partial charge on any atom is 0.236 e. The number of carbonyl (C=O) groups excluding carboxylic acids is 3. The molecule has 0 fully saturated rings. The number of thioether (sulfide) groups is 1. The summed E-state index contributed by atoms with van der Waals surface area (Å²) >= 11 is 1.28. The summed E-state index contributed by atoms with van der Waals surface area (Å²) in [6.45, 7) is 1.54. The molecule has 0 aromatic carbocycles. The van der Waals surface area contributed by atoms with Crippen molar-refractivity contribution in [3.63, 3.8) is 0 Å². The summed E-state index contributed by atoms with van der Waals surface area (Å²) in [4.78, 5) is 32.1. The van der Waals surface area contributed by atoms with Crippen LogP contribution in [0.15, 0.2) is 0 Å². The molecule has 15 heavy (non-hydrogen) atoms. The van der Waals surface area contributed by atoms with Crippen LogP contribution in [-0.2, 0) is 14.4 Å². The van der Waals surface area contributed by atoms with E-state index in [4.69, 9.17) is 11.5 Å². The van der Waals surface area contributed by atoms with Crippen LogP contribution in [0.5, 0.6) is 0 Å². The normalized spacial score (nSPS) is 11.8. The summed E-state index contributed by atoms with van der Waals surface area (Å²) in [5.41, 5.74) is 9.79. The lowest BCUT2D eigenvalue weighted by atomic mass is 10.2. The zero-order valence-electron chi connectivity index (χ0n) is 8.49. The van der Waals surface area contributed by atoms with E-state index < -0.39 is 11.8 Å². The quantitative estimate of drug-likeness (QED) is 0.493. The maximum absolute atomic E-state index is 11.3. The number of hydrogen-bond acceptors (Lipinski definition) is 4. The van der Waals surface area contributed by atoms with Gasteiger partial charge in [0, 0.05) is 11.7 Å². The SMILES string of the molecule is C[C@@H](CSCC(N)=O)C(=O)NCC(N)=O.